The number of hydrogen-bond acceptors (Lipinski definition) is 2. The van der Waals surface area contributed by atoms with Crippen LogP contribution < -0.4 is 0 Å². The molecule has 1 heterocycles. The number of carbonyl (C=O) groups is 1. The van der Waals surface area contributed by atoms with Crippen molar-refractivity contribution in [3.63, 3.8) is 0 Å². The van der Waals surface area contributed by atoms with Gasteiger partial charge in [-0.25, -0.2) is 0 Å². The molecule has 0 radical (unpaired) electrons. The lowest BCUT2D eigenvalue weighted by Gasteiger charge is -2.39. The zero-order chi connectivity index (χ0) is 14.5. The summed E-state index contributed by atoms with van der Waals surface area (Å²) in [7, 11) is 0. The second kappa shape index (κ2) is 6.74. The highest BCUT2D eigenvalue weighted by Crippen LogP contribution is 2.33. The molecule has 0 atom stereocenters. The van der Waals surface area contributed by atoms with Crippen LogP contribution >= 0.6 is 0 Å². The number of aldehydes is 1. The van der Waals surface area contributed by atoms with Gasteiger partial charge in [-0.05, 0) is 43.8 Å². The third-order valence-corrected chi connectivity index (χ3v) is 3.89. The Hall–Kier alpha value is -1.31. The normalized spacial score (nSPS) is 20.3. The standard InChI is InChI=1S/C17H27NO/c1-6-7-16(15(8-13-19)14(2)3)18-11-9-17(4,5)10-12-18/h6-7,13H,2,8-12H2,1,3-5H3/b7-6?,16-15+. The van der Waals surface area contributed by atoms with Crippen molar-refractivity contribution in [2.45, 2.75) is 47.0 Å². The molecule has 1 aliphatic rings. The van der Waals surface area contributed by atoms with Gasteiger partial charge in [0.2, 0.25) is 0 Å². The molecule has 19 heavy (non-hydrogen) atoms. The maximum Gasteiger partial charge on any atom is 0.124 e. The van der Waals surface area contributed by atoms with Crippen molar-refractivity contribution >= 4 is 6.29 Å². The van der Waals surface area contributed by atoms with E-state index in [2.05, 4.69) is 31.4 Å². The Balaban J connectivity index is 3.03. The SMILES string of the molecule is C=C(C)/C(CC=O)=C(\C=CC)N1CCC(C)(C)CC1. The molecule has 0 saturated carbocycles. The Bertz CT molecular complexity index is 391. The third kappa shape index (κ3) is 4.38. The van der Waals surface area contributed by atoms with E-state index in [4.69, 9.17) is 0 Å². The summed E-state index contributed by atoms with van der Waals surface area (Å²) >= 11 is 0. The van der Waals surface area contributed by atoms with Crippen molar-refractivity contribution < 1.29 is 4.79 Å². The van der Waals surface area contributed by atoms with E-state index in [0.29, 0.717) is 11.8 Å². The van der Waals surface area contributed by atoms with Gasteiger partial charge in [0.15, 0.2) is 0 Å². The van der Waals surface area contributed by atoms with Crippen LogP contribution in [0.1, 0.15) is 47.0 Å². The molecule has 2 heteroatoms. The van der Waals surface area contributed by atoms with E-state index >= 15 is 0 Å². The van der Waals surface area contributed by atoms with Crippen LogP contribution in [-0.2, 0) is 4.79 Å². The molecule has 0 spiro atoms. The van der Waals surface area contributed by atoms with Crippen molar-refractivity contribution in [2.75, 3.05) is 13.1 Å². The highest BCUT2D eigenvalue weighted by molar-refractivity contribution is 5.59. The Morgan fingerprint density at radius 1 is 1.32 bits per heavy atom. The lowest BCUT2D eigenvalue weighted by Crippen LogP contribution is -2.37. The third-order valence-electron chi connectivity index (χ3n) is 3.89. The summed E-state index contributed by atoms with van der Waals surface area (Å²) in [5.74, 6) is 0. The second-order valence-electron chi connectivity index (χ2n) is 6.17. The first-order valence-corrected chi connectivity index (χ1v) is 7.11. The first-order chi connectivity index (χ1) is 8.91. The predicted octanol–water partition coefficient (Wildman–Crippen LogP) is 4.10. The van der Waals surface area contributed by atoms with Crippen LogP contribution in [0.4, 0.5) is 0 Å². The number of carbonyl (C=O) groups excluding carboxylic acids is 1. The minimum Gasteiger partial charge on any atom is -0.371 e. The molecular formula is C17H27NO. The molecule has 0 aromatic carbocycles. The monoisotopic (exact) mass is 261 g/mol. The van der Waals surface area contributed by atoms with E-state index in [1.807, 2.05) is 19.9 Å². The zero-order valence-electron chi connectivity index (χ0n) is 12.8. The fourth-order valence-electron chi connectivity index (χ4n) is 2.49. The summed E-state index contributed by atoms with van der Waals surface area (Å²) in [4.78, 5) is 13.3. The van der Waals surface area contributed by atoms with Gasteiger partial charge in [-0.1, -0.05) is 32.1 Å². The molecular weight excluding hydrogens is 234 g/mol. The molecule has 0 aliphatic carbocycles. The fraction of sp³-hybridized carbons (Fsp3) is 0.588. The van der Waals surface area contributed by atoms with Crippen LogP contribution in [0, 0.1) is 5.41 Å². The molecule has 106 valence electrons. The number of likely N-dealkylation sites (tertiary alicyclic amines) is 1. The predicted molar refractivity (Wildman–Crippen MR) is 81.9 cm³/mol. The topological polar surface area (TPSA) is 20.3 Å². The van der Waals surface area contributed by atoms with Crippen molar-refractivity contribution in [1.29, 1.82) is 0 Å². The van der Waals surface area contributed by atoms with Crippen molar-refractivity contribution in [3.8, 4) is 0 Å². The zero-order valence-corrected chi connectivity index (χ0v) is 12.8. The molecule has 0 bridgehead atoms. The van der Waals surface area contributed by atoms with Crippen molar-refractivity contribution in [3.05, 3.63) is 35.6 Å². The quantitative estimate of drug-likeness (QED) is 0.548. The Kier molecular flexibility index (Phi) is 5.59. The van der Waals surface area contributed by atoms with Crippen LogP contribution in [0.15, 0.2) is 35.6 Å². The van der Waals surface area contributed by atoms with E-state index in [1.165, 1.54) is 18.5 Å². The highest BCUT2D eigenvalue weighted by atomic mass is 16.1. The highest BCUT2D eigenvalue weighted by Gasteiger charge is 2.26. The average molecular weight is 261 g/mol. The van der Waals surface area contributed by atoms with E-state index in [-0.39, 0.29) is 0 Å². The summed E-state index contributed by atoms with van der Waals surface area (Å²) in [5.41, 5.74) is 3.68. The first-order valence-electron chi connectivity index (χ1n) is 7.11. The largest absolute Gasteiger partial charge is 0.371 e. The minimum absolute atomic E-state index is 0.436. The number of piperidine rings is 1. The lowest BCUT2D eigenvalue weighted by atomic mass is 9.82. The summed E-state index contributed by atoms with van der Waals surface area (Å²) in [6.07, 6.45) is 7.97. The van der Waals surface area contributed by atoms with E-state index < -0.39 is 0 Å². The van der Waals surface area contributed by atoms with Gasteiger partial charge in [0, 0.05) is 25.2 Å². The molecule has 1 rings (SSSR count). The molecule has 1 aliphatic heterocycles. The molecule has 0 aromatic heterocycles. The number of allylic oxidation sites excluding steroid dienone is 4. The first kappa shape index (κ1) is 15.7. The smallest absolute Gasteiger partial charge is 0.124 e. The summed E-state index contributed by atoms with van der Waals surface area (Å²) in [6.45, 7) is 14.8. The molecule has 0 N–H and O–H groups in total. The molecule has 0 aromatic rings. The Morgan fingerprint density at radius 3 is 2.32 bits per heavy atom. The van der Waals surface area contributed by atoms with E-state index in [0.717, 1.165) is 30.5 Å². The minimum atomic E-state index is 0.436. The summed E-state index contributed by atoms with van der Waals surface area (Å²) < 4.78 is 0. The van der Waals surface area contributed by atoms with E-state index in [1.54, 1.807) is 0 Å². The van der Waals surface area contributed by atoms with Crippen LogP contribution in [0.5, 0.6) is 0 Å². The molecule has 1 fully saturated rings. The van der Waals surface area contributed by atoms with Crippen LogP contribution in [0.2, 0.25) is 0 Å². The Morgan fingerprint density at radius 2 is 1.89 bits per heavy atom. The lowest BCUT2D eigenvalue weighted by molar-refractivity contribution is -0.107. The van der Waals surface area contributed by atoms with Crippen LogP contribution in [-0.4, -0.2) is 24.3 Å². The molecule has 2 nitrogen and oxygen atoms in total. The number of nitrogens with zero attached hydrogens (tertiary/aromatic N) is 1. The van der Waals surface area contributed by atoms with Gasteiger partial charge in [-0.15, -0.1) is 0 Å². The van der Waals surface area contributed by atoms with Gasteiger partial charge in [0.25, 0.3) is 0 Å². The van der Waals surface area contributed by atoms with E-state index in [9.17, 15) is 4.79 Å². The fourth-order valence-corrected chi connectivity index (χ4v) is 2.49. The van der Waals surface area contributed by atoms with Gasteiger partial charge < -0.3 is 9.69 Å². The van der Waals surface area contributed by atoms with Gasteiger partial charge in [0.05, 0.1) is 0 Å². The van der Waals surface area contributed by atoms with Gasteiger partial charge >= 0.3 is 0 Å². The summed E-state index contributed by atoms with van der Waals surface area (Å²) in [5, 5.41) is 0. The summed E-state index contributed by atoms with van der Waals surface area (Å²) in [6, 6.07) is 0. The number of rotatable bonds is 5. The van der Waals surface area contributed by atoms with Gasteiger partial charge in [-0.3, -0.25) is 0 Å². The average Bonchev–Trinajstić information content (AvgIpc) is 2.34. The maximum absolute atomic E-state index is 10.9. The van der Waals surface area contributed by atoms with Gasteiger partial charge in [-0.2, -0.15) is 0 Å². The maximum atomic E-state index is 10.9. The van der Waals surface area contributed by atoms with Crippen LogP contribution in [0.25, 0.3) is 0 Å². The second-order valence-corrected chi connectivity index (χ2v) is 6.17. The Labute approximate surface area is 117 Å². The van der Waals surface area contributed by atoms with Crippen molar-refractivity contribution in [2.24, 2.45) is 5.41 Å². The van der Waals surface area contributed by atoms with Gasteiger partial charge in [0.1, 0.15) is 6.29 Å². The molecule has 0 unspecified atom stereocenters. The van der Waals surface area contributed by atoms with Crippen LogP contribution in [0.3, 0.4) is 0 Å². The van der Waals surface area contributed by atoms with Crippen molar-refractivity contribution in [1.82, 2.24) is 4.90 Å². The molecule has 1 saturated heterocycles. The molecule has 0 amide bonds. The number of hydrogen-bond donors (Lipinski definition) is 0.